The van der Waals surface area contributed by atoms with Crippen molar-refractivity contribution in [1.82, 2.24) is 25.1 Å². The average Bonchev–Trinajstić information content (AvgIpc) is 2.99. The number of nitrogens with zero attached hydrogens (tertiary/aromatic N) is 4. The number of hydrogen-bond donors (Lipinski definition) is 1. The van der Waals surface area contributed by atoms with Gasteiger partial charge in [-0.15, -0.1) is 0 Å². The van der Waals surface area contributed by atoms with Crippen molar-refractivity contribution in [2.24, 2.45) is 0 Å². The Morgan fingerprint density at radius 2 is 1.96 bits per heavy atom. The molecule has 1 aliphatic rings. The van der Waals surface area contributed by atoms with Crippen LogP contribution in [0.25, 0.3) is 11.3 Å². The maximum Gasteiger partial charge on any atom is 0.222 e. The van der Waals surface area contributed by atoms with Gasteiger partial charge in [-0.1, -0.05) is 30.3 Å². The zero-order chi connectivity index (χ0) is 17.8. The molecular weight excluding hydrogens is 326 g/mol. The van der Waals surface area contributed by atoms with Crippen LogP contribution >= 0.6 is 0 Å². The van der Waals surface area contributed by atoms with Gasteiger partial charge in [-0.25, -0.2) is 0 Å². The predicted molar refractivity (Wildman–Crippen MR) is 98.4 cm³/mol. The number of nitrogens with one attached hydrogen (secondary N) is 1. The fraction of sp³-hybridized carbons (Fsp3) is 0.300. The van der Waals surface area contributed by atoms with Crippen LogP contribution in [0, 0.1) is 0 Å². The van der Waals surface area contributed by atoms with Gasteiger partial charge in [0.05, 0.1) is 11.4 Å². The van der Waals surface area contributed by atoms with Crippen LogP contribution in [0.5, 0.6) is 0 Å². The highest BCUT2D eigenvalue weighted by Gasteiger charge is 2.22. The van der Waals surface area contributed by atoms with Gasteiger partial charge >= 0.3 is 0 Å². The highest BCUT2D eigenvalue weighted by atomic mass is 16.2. The molecule has 3 heterocycles. The van der Waals surface area contributed by atoms with Crippen LogP contribution in [0.15, 0.2) is 48.9 Å². The lowest BCUT2D eigenvalue weighted by atomic mass is 10.0. The molecule has 4 rings (SSSR count). The molecule has 1 N–H and O–H groups in total. The number of rotatable bonds is 4. The number of aromatic nitrogens is 4. The molecule has 0 fully saturated rings. The van der Waals surface area contributed by atoms with Gasteiger partial charge < -0.3 is 4.90 Å². The van der Waals surface area contributed by atoms with E-state index < -0.39 is 0 Å². The molecule has 0 atom stereocenters. The first-order valence-electron chi connectivity index (χ1n) is 8.95. The summed E-state index contributed by atoms with van der Waals surface area (Å²) in [6.07, 6.45) is 7.77. The molecule has 2 aromatic heterocycles. The first-order valence-corrected chi connectivity index (χ1v) is 8.95. The number of aromatic amines is 1. The van der Waals surface area contributed by atoms with Gasteiger partial charge in [0.1, 0.15) is 0 Å². The topological polar surface area (TPSA) is 74.8 Å². The number of carbonyl (C=O) groups excluding carboxylic acids is 1. The summed E-state index contributed by atoms with van der Waals surface area (Å²) in [6, 6.07) is 10.2. The van der Waals surface area contributed by atoms with E-state index in [4.69, 9.17) is 0 Å². The Balaban J connectivity index is 1.42. The van der Waals surface area contributed by atoms with Crippen LogP contribution < -0.4 is 0 Å². The van der Waals surface area contributed by atoms with Crippen molar-refractivity contribution in [2.75, 3.05) is 13.1 Å². The number of fused-ring (bicyclic) bond motifs is 1. The van der Waals surface area contributed by atoms with E-state index in [9.17, 15) is 4.79 Å². The third-order valence-corrected chi connectivity index (χ3v) is 4.83. The number of benzene rings is 1. The third-order valence-electron chi connectivity index (χ3n) is 4.83. The fourth-order valence-electron chi connectivity index (χ4n) is 3.42. The zero-order valence-corrected chi connectivity index (χ0v) is 14.6. The van der Waals surface area contributed by atoms with Gasteiger partial charge in [0, 0.05) is 61.3 Å². The SMILES string of the molecule is O=C(CCc1cnccn1)N1CCc2[nH]nc(-c3ccccc3)c2CC1. The molecule has 132 valence electrons. The molecule has 0 bridgehead atoms. The maximum absolute atomic E-state index is 12.6. The van der Waals surface area contributed by atoms with Crippen LogP contribution in [-0.4, -0.2) is 44.1 Å². The fourth-order valence-corrected chi connectivity index (χ4v) is 3.42. The lowest BCUT2D eigenvalue weighted by Gasteiger charge is -2.20. The van der Waals surface area contributed by atoms with Gasteiger partial charge in [0.2, 0.25) is 5.91 Å². The molecule has 3 aromatic rings. The summed E-state index contributed by atoms with van der Waals surface area (Å²) < 4.78 is 0. The number of amides is 1. The van der Waals surface area contributed by atoms with Gasteiger partial charge in [0.15, 0.2) is 0 Å². The second-order valence-corrected chi connectivity index (χ2v) is 6.47. The summed E-state index contributed by atoms with van der Waals surface area (Å²) in [4.78, 5) is 22.8. The van der Waals surface area contributed by atoms with E-state index >= 15 is 0 Å². The molecule has 0 spiro atoms. The first kappa shape index (κ1) is 16.4. The van der Waals surface area contributed by atoms with Crippen molar-refractivity contribution in [3.63, 3.8) is 0 Å². The Kier molecular flexibility index (Phi) is 4.73. The molecule has 0 saturated heterocycles. The normalized spacial score (nSPS) is 13.9. The monoisotopic (exact) mass is 347 g/mol. The predicted octanol–water partition coefficient (Wildman–Crippen LogP) is 2.43. The molecule has 1 aromatic carbocycles. The lowest BCUT2D eigenvalue weighted by Crippen LogP contribution is -2.33. The van der Waals surface area contributed by atoms with E-state index in [0.717, 1.165) is 48.6 Å². The minimum absolute atomic E-state index is 0.176. The quantitative estimate of drug-likeness (QED) is 0.786. The van der Waals surface area contributed by atoms with E-state index in [1.54, 1.807) is 18.6 Å². The first-order chi connectivity index (χ1) is 12.8. The summed E-state index contributed by atoms with van der Waals surface area (Å²) in [5.74, 6) is 0.176. The van der Waals surface area contributed by atoms with Gasteiger partial charge in [-0.2, -0.15) is 5.10 Å². The van der Waals surface area contributed by atoms with Crippen LogP contribution in [0.2, 0.25) is 0 Å². The summed E-state index contributed by atoms with van der Waals surface area (Å²) in [7, 11) is 0. The van der Waals surface area contributed by atoms with E-state index in [2.05, 4.69) is 32.3 Å². The summed E-state index contributed by atoms with van der Waals surface area (Å²) in [6.45, 7) is 1.45. The molecule has 0 unspecified atom stereocenters. The molecule has 6 nitrogen and oxygen atoms in total. The highest BCUT2D eigenvalue weighted by molar-refractivity contribution is 5.76. The van der Waals surface area contributed by atoms with Crippen LogP contribution in [0.3, 0.4) is 0 Å². The zero-order valence-electron chi connectivity index (χ0n) is 14.6. The standard InChI is InChI=1S/C20H21N5O/c26-19(7-6-16-14-21-10-11-22-16)25-12-8-17-18(9-13-25)23-24-20(17)15-4-2-1-3-5-15/h1-5,10-11,14H,6-9,12-13H2,(H,23,24). The van der Waals surface area contributed by atoms with Crippen molar-refractivity contribution >= 4 is 5.91 Å². The molecular formula is C20H21N5O. The highest BCUT2D eigenvalue weighted by Crippen LogP contribution is 2.26. The van der Waals surface area contributed by atoms with Crippen molar-refractivity contribution in [3.05, 3.63) is 65.9 Å². The summed E-state index contributed by atoms with van der Waals surface area (Å²) in [5, 5.41) is 7.69. The second kappa shape index (κ2) is 7.47. The average molecular weight is 347 g/mol. The van der Waals surface area contributed by atoms with Crippen molar-refractivity contribution in [2.45, 2.75) is 25.7 Å². The Morgan fingerprint density at radius 3 is 2.77 bits per heavy atom. The Bertz CT molecular complexity index is 876. The summed E-state index contributed by atoms with van der Waals surface area (Å²) in [5.41, 5.74) is 5.37. The Morgan fingerprint density at radius 1 is 1.12 bits per heavy atom. The molecule has 0 aliphatic carbocycles. The Labute approximate surface area is 152 Å². The van der Waals surface area contributed by atoms with Crippen LogP contribution in [0.4, 0.5) is 0 Å². The number of H-pyrrole nitrogens is 1. The van der Waals surface area contributed by atoms with Crippen LogP contribution in [0.1, 0.15) is 23.4 Å². The second-order valence-electron chi connectivity index (χ2n) is 6.47. The number of hydrogen-bond acceptors (Lipinski definition) is 4. The van der Waals surface area contributed by atoms with Gasteiger partial charge in [-0.3, -0.25) is 19.9 Å². The molecule has 0 radical (unpaired) electrons. The van der Waals surface area contributed by atoms with E-state index in [1.807, 2.05) is 23.1 Å². The molecule has 26 heavy (non-hydrogen) atoms. The van der Waals surface area contributed by atoms with Gasteiger partial charge in [0.25, 0.3) is 0 Å². The van der Waals surface area contributed by atoms with E-state index in [-0.39, 0.29) is 5.91 Å². The number of aryl methyl sites for hydroxylation is 1. The van der Waals surface area contributed by atoms with Crippen LogP contribution in [-0.2, 0) is 24.1 Å². The van der Waals surface area contributed by atoms with Gasteiger partial charge in [-0.05, 0) is 12.8 Å². The number of carbonyl (C=O) groups is 1. The Hall–Kier alpha value is -3.02. The molecule has 1 amide bonds. The van der Waals surface area contributed by atoms with Crippen molar-refractivity contribution < 1.29 is 4.79 Å². The van der Waals surface area contributed by atoms with Crippen molar-refractivity contribution in [3.8, 4) is 11.3 Å². The largest absolute Gasteiger partial charge is 0.342 e. The molecule has 6 heteroatoms. The molecule has 0 saturated carbocycles. The maximum atomic E-state index is 12.6. The third kappa shape index (κ3) is 3.49. The smallest absolute Gasteiger partial charge is 0.222 e. The molecule has 1 aliphatic heterocycles. The van der Waals surface area contributed by atoms with Crippen molar-refractivity contribution in [1.29, 1.82) is 0 Å². The lowest BCUT2D eigenvalue weighted by molar-refractivity contribution is -0.131. The minimum Gasteiger partial charge on any atom is -0.342 e. The van der Waals surface area contributed by atoms with E-state index in [0.29, 0.717) is 12.8 Å². The summed E-state index contributed by atoms with van der Waals surface area (Å²) >= 11 is 0. The van der Waals surface area contributed by atoms with E-state index in [1.165, 1.54) is 5.56 Å². The minimum atomic E-state index is 0.176.